The molecule has 0 aliphatic carbocycles. The molecule has 3 nitrogen and oxygen atoms in total. The fourth-order valence-corrected chi connectivity index (χ4v) is 5.55. The maximum atomic E-state index is 12.4. The maximum absolute atomic E-state index is 12.4. The highest BCUT2D eigenvalue weighted by Crippen LogP contribution is 2.21. The van der Waals surface area contributed by atoms with E-state index >= 15 is 0 Å². The van der Waals surface area contributed by atoms with Crippen molar-refractivity contribution < 1.29 is 14.3 Å². The third kappa shape index (κ3) is 13.1. The van der Waals surface area contributed by atoms with Crippen molar-refractivity contribution in [3.05, 3.63) is 65.8 Å². The first-order chi connectivity index (χ1) is 17.5. The molecule has 0 saturated heterocycles. The minimum Gasteiger partial charge on any atom is -0.429 e. The summed E-state index contributed by atoms with van der Waals surface area (Å²) in [6, 6.07) is 12.8. The van der Waals surface area contributed by atoms with Crippen LogP contribution in [0.3, 0.4) is 0 Å². The van der Waals surface area contributed by atoms with Crippen molar-refractivity contribution in [1.29, 1.82) is 0 Å². The normalized spacial score (nSPS) is 11.0. The summed E-state index contributed by atoms with van der Waals surface area (Å²) in [5.41, 5.74) is 4.73. The average Bonchev–Trinajstić information content (AvgIpc) is 2.87. The van der Waals surface area contributed by atoms with E-state index in [-0.39, 0.29) is 13.2 Å². The van der Waals surface area contributed by atoms with Gasteiger partial charge in [-0.3, -0.25) is 0 Å². The molecule has 0 aliphatic heterocycles. The Balaban J connectivity index is 1.81. The van der Waals surface area contributed by atoms with Crippen molar-refractivity contribution in [3.8, 4) is 0 Å². The second-order valence-electron chi connectivity index (χ2n) is 9.69. The van der Waals surface area contributed by atoms with E-state index in [0.717, 1.165) is 24.0 Å². The topological polar surface area (TPSA) is 35.5 Å². The Bertz CT molecular complexity index is 826. The zero-order chi connectivity index (χ0) is 26.0. The van der Waals surface area contributed by atoms with Crippen molar-refractivity contribution in [3.63, 3.8) is 0 Å². The van der Waals surface area contributed by atoms with Gasteiger partial charge in [-0.2, -0.15) is 0 Å². The van der Waals surface area contributed by atoms with Crippen molar-refractivity contribution >= 4 is 51.3 Å². The number of halogens is 2. The molecule has 0 amide bonds. The molecule has 0 aliphatic rings. The van der Waals surface area contributed by atoms with Crippen molar-refractivity contribution in [2.24, 2.45) is 0 Å². The van der Waals surface area contributed by atoms with E-state index < -0.39 is 6.16 Å². The van der Waals surface area contributed by atoms with E-state index in [0.29, 0.717) is 0 Å². The summed E-state index contributed by atoms with van der Waals surface area (Å²) in [6.45, 7) is 5.02. The van der Waals surface area contributed by atoms with Crippen LogP contribution in [0.4, 0.5) is 4.79 Å². The minimum absolute atomic E-state index is 0.262. The highest BCUT2D eigenvalue weighted by atomic mass is 127. The summed E-state index contributed by atoms with van der Waals surface area (Å²) in [7, 11) is 0. The number of carbonyl (C=O) groups is 1. The molecule has 0 bridgehead atoms. The first-order valence-electron chi connectivity index (χ1n) is 13.9. The molecule has 200 valence electrons. The molecule has 0 N–H and O–H groups in total. The number of rotatable bonds is 18. The summed E-state index contributed by atoms with van der Waals surface area (Å²) in [4.78, 5) is 12.4. The molecule has 0 atom stereocenters. The van der Waals surface area contributed by atoms with Crippen LogP contribution in [0.15, 0.2) is 36.4 Å². The third-order valence-corrected chi connectivity index (χ3v) is 7.97. The Labute approximate surface area is 246 Å². The van der Waals surface area contributed by atoms with Crippen LogP contribution in [0.5, 0.6) is 0 Å². The molecular weight excluding hydrogens is 674 g/mol. The van der Waals surface area contributed by atoms with E-state index in [1.807, 2.05) is 0 Å². The number of hydrogen-bond acceptors (Lipinski definition) is 3. The lowest BCUT2D eigenvalue weighted by Gasteiger charge is -2.13. The molecule has 0 unspecified atom stereocenters. The minimum atomic E-state index is -0.594. The van der Waals surface area contributed by atoms with Gasteiger partial charge >= 0.3 is 6.16 Å². The third-order valence-electron chi connectivity index (χ3n) is 6.63. The van der Waals surface area contributed by atoms with E-state index in [1.165, 1.54) is 95.3 Å². The second-order valence-corrected chi connectivity index (χ2v) is 12.2. The molecule has 0 aromatic heterocycles. The number of carbonyl (C=O) groups excluding carboxylic acids is 1. The Morgan fingerprint density at radius 3 is 1.39 bits per heavy atom. The Kier molecular flexibility index (Phi) is 16.8. The van der Waals surface area contributed by atoms with Crippen LogP contribution in [-0.4, -0.2) is 6.16 Å². The summed E-state index contributed by atoms with van der Waals surface area (Å²) >= 11 is 4.71. The smallest absolute Gasteiger partial charge is 0.429 e. The highest BCUT2D eigenvalue weighted by Gasteiger charge is 2.11. The van der Waals surface area contributed by atoms with Crippen molar-refractivity contribution in [2.45, 2.75) is 117 Å². The van der Waals surface area contributed by atoms with Gasteiger partial charge in [0.25, 0.3) is 0 Å². The maximum Gasteiger partial charge on any atom is 0.508 e. The Hall–Kier alpha value is -0.830. The molecule has 2 aromatic rings. The van der Waals surface area contributed by atoms with E-state index in [4.69, 9.17) is 9.47 Å². The Morgan fingerprint density at radius 1 is 0.583 bits per heavy atom. The summed E-state index contributed by atoms with van der Waals surface area (Å²) in [5, 5.41) is 0. The lowest BCUT2D eigenvalue weighted by Crippen LogP contribution is -2.10. The first kappa shape index (κ1) is 31.4. The van der Waals surface area contributed by atoms with Crippen LogP contribution in [0.2, 0.25) is 0 Å². The van der Waals surface area contributed by atoms with Crippen LogP contribution >= 0.6 is 45.2 Å². The fraction of sp³-hybridized carbons (Fsp3) is 0.581. The van der Waals surface area contributed by atoms with Gasteiger partial charge < -0.3 is 9.47 Å². The molecular formula is C31H44I2O3. The van der Waals surface area contributed by atoms with Crippen molar-refractivity contribution in [1.82, 2.24) is 0 Å². The quantitative estimate of drug-likeness (QED) is 0.0875. The van der Waals surface area contributed by atoms with Gasteiger partial charge in [-0.25, -0.2) is 4.79 Å². The summed E-state index contributed by atoms with van der Waals surface area (Å²) < 4.78 is 13.5. The standard InChI is InChI=1S/C31H44I2O3/c1-3-5-7-9-11-13-15-25-21-29(32)19-17-27(25)23-35-31(34)36-24-28-18-20-30(33)22-26(28)16-14-12-10-8-6-4-2/h17-22H,3-16,23-24H2,1-2H3. The van der Waals surface area contributed by atoms with Gasteiger partial charge in [-0.15, -0.1) is 0 Å². The number of aryl methyl sites for hydroxylation is 2. The monoisotopic (exact) mass is 718 g/mol. The lowest BCUT2D eigenvalue weighted by molar-refractivity contribution is 0.0443. The summed E-state index contributed by atoms with van der Waals surface area (Å²) in [5.74, 6) is 0. The SMILES string of the molecule is CCCCCCCCc1cc(I)ccc1COC(=O)OCc1ccc(I)cc1CCCCCCCC. The van der Waals surface area contributed by atoms with Crippen LogP contribution in [0.1, 0.15) is 113 Å². The van der Waals surface area contributed by atoms with Gasteiger partial charge in [0.05, 0.1) is 0 Å². The van der Waals surface area contributed by atoms with Gasteiger partial charge in [-0.05, 0) is 117 Å². The molecule has 0 saturated carbocycles. The lowest BCUT2D eigenvalue weighted by atomic mass is 10.0. The summed E-state index contributed by atoms with van der Waals surface area (Å²) in [6.07, 6.45) is 16.8. The molecule has 0 radical (unpaired) electrons. The fourth-order valence-electron chi connectivity index (χ4n) is 4.44. The molecule has 0 heterocycles. The largest absolute Gasteiger partial charge is 0.508 e. The van der Waals surface area contributed by atoms with Crippen molar-refractivity contribution in [2.75, 3.05) is 0 Å². The van der Waals surface area contributed by atoms with E-state index in [1.54, 1.807) is 0 Å². The first-order valence-corrected chi connectivity index (χ1v) is 16.0. The second kappa shape index (κ2) is 19.3. The van der Waals surface area contributed by atoms with Gasteiger partial charge in [0.1, 0.15) is 13.2 Å². The number of ether oxygens (including phenoxy) is 2. The molecule has 2 aromatic carbocycles. The van der Waals surface area contributed by atoms with E-state index in [9.17, 15) is 4.79 Å². The van der Waals surface area contributed by atoms with Gasteiger partial charge in [-0.1, -0.05) is 90.2 Å². The predicted octanol–water partition coefficient (Wildman–Crippen LogP) is 10.6. The predicted molar refractivity (Wildman–Crippen MR) is 167 cm³/mol. The zero-order valence-electron chi connectivity index (χ0n) is 22.3. The number of benzene rings is 2. The van der Waals surface area contributed by atoms with Crippen LogP contribution in [0.25, 0.3) is 0 Å². The highest BCUT2D eigenvalue weighted by molar-refractivity contribution is 14.1. The van der Waals surface area contributed by atoms with Gasteiger partial charge in [0, 0.05) is 7.14 Å². The average molecular weight is 718 g/mol. The van der Waals surface area contributed by atoms with Gasteiger partial charge in [0.2, 0.25) is 0 Å². The van der Waals surface area contributed by atoms with Crippen LogP contribution in [-0.2, 0) is 35.5 Å². The molecule has 0 fully saturated rings. The molecule has 36 heavy (non-hydrogen) atoms. The van der Waals surface area contributed by atoms with Crippen LogP contribution < -0.4 is 0 Å². The number of unbranched alkanes of at least 4 members (excludes halogenated alkanes) is 10. The number of hydrogen-bond donors (Lipinski definition) is 0. The Morgan fingerprint density at radius 2 is 0.972 bits per heavy atom. The molecule has 5 heteroatoms. The van der Waals surface area contributed by atoms with Crippen LogP contribution in [0, 0.1) is 7.14 Å². The van der Waals surface area contributed by atoms with Gasteiger partial charge in [0.15, 0.2) is 0 Å². The zero-order valence-corrected chi connectivity index (χ0v) is 26.6. The molecule has 2 rings (SSSR count). The molecule has 0 spiro atoms. The van der Waals surface area contributed by atoms with E-state index in [2.05, 4.69) is 95.4 Å².